The number of hydrogen-bond acceptors (Lipinski definition) is 5. The number of carbonyl (C=O) groups is 1. The van der Waals surface area contributed by atoms with Gasteiger partial charge in [0.05, 0.1) is 17.8 Å². The number of hydrogen-bond donors (Lipinski definition) is 3. The normalized spacial score (nSPS) is 14.0. The molecule has 0 saturated heterocycles. The first-order chi connectivity index (χ1) is 11.7. The zero-order valence-corrected chi connectivity index (χ0v) is 14.7. The number of benzene rings is 2. The standard InChI is InChI=1S/C15H15N3O5S2/c1-16-24(20,21)12-7-2-3-8-13(12)25(22,23)18-11-6-4-5-10-9-14(19)17-15(10)11/h2-8,16,18H,9H2,1H3,(H,17,19). The molecule has 0 aliphatic carbocycles. The van der Waals surface area contributed by atoms with Gasteiger partial charge < -0.3 is 5.32 Å². The molecule has 1 aliphatic rings. The Hall–Kier alpha value is -2.43. The molecule has 10 heteroatoms. The highest BCUT2D eigenvalue weighted by Gasteiger charge is 2.28. The molecule has 0 spiro atoms. The molecule has 0 fully saturated rings. The van der Waals surface area contributed by atoms with E-state index in [9.17, 15) is 21.6 Å². The Morgan fingerprint density at radius 2 is 1.56 bits per heavy atom. The zero-order chi connectivity index (χ0) is 18.2. The second-order valence-electron chi connectivity index (χ2n) is 5.32. The molecule has 0 unspecified atom stereocenters. The molecule has 0 aromatic heterocycles. The van der Waals surface area contributed by atoms with Gasteiger partial charge in [-0.3, -0.25) is 9.52 Å². The van der Waals surface area contributed by atoms with Crippen LogP contribution in [0.1, 0.15) is 5.56 Å². The van der Waals surface area contributed by atoms with E-state index < -0.39 is 20.0 Å². The predicted molar refractivity (Wildman–Crippen MR) is 92.3 cm³/mol. The fourth-order valence-electron chi connectivity index (χ4n) is 2.54. The van der Waals surface area contributed by atoms with Crippen LogP contribution < -0.4 is 14.8 Å². The second kappa shape index (κ2) is 6.14. The Kier molecular flexibility index (Phi) is 4.27. The first-order valence-electron chi connectivity index (χ1n) is 7.22. The van der Waals surface area contributed by atoms with E-state index in [1.165, 1.54) is 37.4 Å². The maximum absolute atomic E-state index is 12.8. The first-order valence-corrected chi connectivity index (χ1v) is 10.2. The van der Waals surface area contributed by atoms with Gasteiger partial charge >= 0.3 is 0 Å². The summed E-state index contributed by atoms with van der Waals surface area (Å²) in [5.74, 6) is -0.236. The summed E-state index contributed by atoms with van der Waals surface area (Å²) in [4.78, 5) is 10.8. The highest BCUT2D eigenvalue weighted by Crippen LogP contribution is 2.33. The predicted octanol–water partition coefficient (Wildman–Crippen LogP) is 0.890. The van der Waals surface area contributed by atoms with Crippen LogP contribution >= 0.6 is 0 Å². The summed E-state index contributed by atoms with van der Waals surface area (Å²) < 4.78 is 54.1. The number of sulfonamides is 2. The molecule has 8 nitrogen and oxygen atoms in total. The van der Waals surface area contributed by atoms with Gasteiger partial charge in [0.2, 0.25) is 15.9 Å². The van der Waals surface area contributed by atoms with Gasteiger partial charge in [-0.05, 0) is 30.8 Å². The van der Waals surface area contributed by atoms with Crippen molar-refractivity contribution < 1.29 is 21.6 Å². The van der Waals surface area contributed by atoms with Gasteiger partial charge in [-0.2, -0.15) is 0 Å². The minimum Gasteiger partial charge on any atom is -0.324 e. The van der Waals surface area contributed by atoms with Crippen molar-refractivity contribution in [3.63, 3.8) is 0 Å². The van der Waals surface area contributed by atoms with Crippen LogP contribution in [0.5, 0.6) is 0 Å². The van der Waals surface area contributed by atoms with E-state index in [4.69, 9.17) is 0 Å². The largest absolute Gasteiger partial charge is 0.324 e. The lowest BCUT2D eigenvalue weighted by molar-refractivity contribution is -0.115. The molecular weight excluding hydrogens is 366 g/mol. The van der Waals surface area contributed by atoms with Crippen molar-refractivity contribution >= 4 is 37.3 Å². The van der Waals surface area contributed by atoms with Gasteiger partial charge in [0, 0.05) is 0 Å². The molecule has 3 N–H and O–H groups in total. The molecule has 0 radical (unpaired) electrons. The summed E-state index contributed by atoms with van der Waals surface area (Å²) in [6.45, 7) is 0. The van der Waals surface area contributed by atoms with Crippen molar-refractivity contribution in [1.82, 2.24) is 4.72 Å². The molecule has 1 heterocycles. The van der Waals surface area contributed by atoms with Crippen LogP contribution in [0.3, 0.4) is 0 Å². The quantitative estimate of drug-likeness (QED) is 0.710. The molecular formula is C15H15N3O5S2. The molecule has 0 bridgehead atoms. The Balaban J connectivity index is 2.07. The van der Waals surface area contributed by atoms with Crippen LogP contribution in [0, 0.1) is 0 Å². The van der Waals surface area contributed by atoms with Crippen molar-refractivity contribution in [2.24, 2.45) is 0 Å². The Morgan fingerprint density at radius 1 is 0.920 bits per heavy atom. The van der Waals surface area contributed by atoms with Crippen LogP contribution in [0.15, 0.2) is 52.3 Å². The SMILES string of the molecule is CNS(=O)(=O)c1ccccc1S(=O)(=O)Nc1cccc2c1NC(=O)C2. The van der Waals surface area contributed by atoms with Crippen molar-refractivity contribution in [2.45, 2.75) is 16.2 Å². The van der Waals surface area contributed by atoms with E-state index in [1.54, 1.807) is 12.1 Å². The fourth-order valence-corrected chi connectivity index (χ4v) is 5.17. The maximum Gasteiger partial charge on any atom is 0.263 e. The molecule has 2 aromatic carbocycles. The van der Waals surface area contributed by atoms with Gasteiger partial charge in [0.15, 0.2) is 0 Å². The average molecular weight is 381 g/mol. The molecule has 132 valence electrons. The van der Waals surface area contributed by atoms with Crippen LogP contribution in [0.25, 0.3) is 0 Å². The Bertz CT molecular complexity index is 1060. The lowest BCUT2D eigenvalue weighted by Crippen LogP contribution is -2.23. The van der Waals surface area contributed by atoms with E-state index in [0.717, 1.165) is 0 Å². The summed E-state index contributed by atoms with van der Waals surface area (Å²) in [6, 6.07) is 10.1. The molecule has 3 rings (SSSR count). The highest BCUT2D eigenvalue weighted by atomic mass is 32.2. The number of anilines is 2. The van der Waals surface area contributed by atoms with E-state index in [1.807, 2.05) is 0 Å². The number of amides is 1. The molecule has 2 aromatic rings. The smallest absolute Gasteiger partial charge is 0.263 e. The summed E-state index contributed by atoms with van der Waals surface area (Å²) >= 11 is 0. The molecule has 0 saturated carbocycles. The minimum absolute atomic E-state index is 0.162. The zero-order valence-electron chi connectivity index (χ0n) is 13.1. The third kappa shape index (κ3) is 3.23. The van der Waals surface area contributed by atoms with Crippen molar-refractivity contribution in [3.8, 4) is 0 Å². The average Bonchev–Trinajstić information content (AvgIpc) is 2.96. The van der Waals surface area contributed by atoms with E-state index in [0.29, 0.717) is 11.3 Å². The van der Waals surface area contributed by atoms with Gasteiger partial charge in [0.1, 0.15) is 9.79 Å². The molecule has 1 aliphatic heterocycles. The first kappa shape index (κ1) is 17.4. The maximum atomic E-state index is 12.8. The van der Waals surface area contributed by atoms with E-state index >= 15 is 0 Å². The van der Waals surface area contributed by atoms with Crippen LogP contribution in [0.2, 0.25) is 0 Å². The third-order valence-electron chi connectivity index (χ3n) is 3.71. The summed E-state index contributed by atoms with van der Waals surface area (Å²) in [5.41, 5.74) is 1.23. The number of carbonyl (C=O) groups excluding carboxylic acids is 1. The van der Waals surface area contributed by atoms with Crippen LogP contribution in [-0.4, -0.2) is 29.8 Å². The van der Waals surface area contributed by atoms with Crippen LogP contribution in [-0.2, 0) is 31.3 Å². The Labute approximate surface area is 145 Å². The van der Waals surface area contributed by atoms with Gasteiger partial charge in [-0.1, -0.05) is 24.3 Å². The highest BCUT2D eigenvalue weighted by molar-refractivity contribution is 7.94. The van der Waals surface area contributed by atoms with E-state index in [2.05, 4.69) is 14.8 Å². The van der Waals surface area contributed by atoms with Gasteiger partial charge in [-0.25, -0.2) is 21.6 Å². The van der Waals surface area contributed by atoms with Gasteiger partial charge in [-0.15, -0.1) is 0 Å². The minimum atomic E-state index is -4.20. The van der Waals surface area contributed by atoms with Gasteiger partial charge in [0.25, 0.3) is 10.0 Å². The Morgan fingerprint density at radius 3 is 2.20 bits per heavy atom. The number of nitrogens with one attached hydrogen (secondary N) is 3. The number of para-hydroxylation sites is 1. The molecule has 25 heavy (non-hydrogen) atoms. The number of fused-ring (bicyclic) bond motifs is 1. The lowest BCUT2D eigenvalue weighted by Gasteiger charge is -2.14. The summed E-state index contributed by atoms with van der Waals surface area (Å²) in [7, 11) is -6.96. The topological polar surface area (TPSA) is 121 Å². The fraction of sp³-hybridized carbons (Fsp3) is 0.133. The van der Waals surface area contributed by atoms with Crippen molar-refractivity contribution in [2.75, 3.05) is 17.1 Å². The third-order valence-corrected chi connectivity index (χ3v) is 6.73. The van der Waals surface area contributed by atoms with Crippen LogP contribution in [0.4, 0.5) is 11.4 Å². The molecule has 1 amide bonds. The van der Waals surface area contributed by atoms with E-state index in [-0.39, 0.29) is 27.8 Å². The van der Waals surface area contributed by atoms with Crippen molar-refractivity contribution in [3.05, 3.63) is 48.0 Å². The molecule has 0 atom stereocenters. The lowest BCUT2D eigenvalue weighted by atomic mass is 10.1. The summed E-state index contributed by atoms with van der Waals surface area (Å²) in [5, 5.41) is 2.60. The number of rotatable bonds is 5. The monoisotopic (exact) mass is 381 g/mol. The summed E-state index contributed by atoms with van der Waals surface area (Å²) in [6.07, 6.45) is 0.162. The van der Waals surface area contributed by atoms with Crippen molar-refractivity contribution in [1.29, 1.82) is 0 Å². The second-order valence-corrected chi connectivity index (χ2v) is 8.83.